The second kappa shape index (κ2) is 4.30. The SMILES string of the molecule is CNC(=O)OC1CNCCC1C. The summed E-state index contributed by atoms with van der Waals surface area (Å²) in [7, 11) is 1.57. The molecule has 70 valence electrons. The summed E-state index contributed by atoms with van der Waals surface area (Å²) >= 11 is 0. The number of carbonyl (C=O) groups excluding carboxylic acids is 1. The highest BCUT2D eigenvalue weighted by Crippen LogP contribution is 2.14. The van der Waals surface area contributed by atoms with E-state index in [4.69, 9.17) is 4.74 Å². The van der Waals surface area contributed by atoms with Gasteiger partial charge in [0.1, 0.15) is 6.10 Å². The molecular formula is C8H16N2O2. The van der Waals surface area contributed by atoms with E-state index in [1.54, 1.807) is 7.05 Å². The van der Waals surface area contributed by atoms with Gasteiger partial charge in [-0.2, -0.15) is 0 Å². The van der Waals surface area contributed by atoms with Crippen LogP contribution in [0.4, 0.5) is 4.79 Å². The molecule has 0 bridgehead atoms. The molecule has 0 aliphatic carbocycles. The zero-order valence-electron chi connectivity index (χ0n) is 7.59. The third-order valence-corrected chi connectivity index (χ3v) is 2.22. The minimum absolute atomic E-state index is 0.0266. The third-order valence-electron chi connectivity index (χ3n) is 2.22. The third kappa shape index (κ3) is 2.37. The molecule has 0 aromatic heterocycles. The normalized spacial score (nSPS) is 29.5. The van der Waals surface area contributed by atoms with Gasteiger partial charge in [0.05, 0.1) is 0 Å². The summed E-state index contributed by atoms with van der Waals surface area (Å²) in [5, 5.41) is 5.63. The number of hydrogen-bond acceptors (Lipinski definition) is 3. The summed E-state index contributed by atoms with van der Waals surface area (Å²) in [5.41, 5.74) is 0. The highest BCUT2D eigenvalue weighted by Gasteiger charge is 2.23. The van der Waals surface area contributed by atoms with E-state index in [9.17, 15) is 4.79 Å². The van der Waals surface area contributed by atoms with Gasteiger partial charge in [0.25, 0.3) is 0 Å². The lowest BCUT2D eigenvalue weighted by atomic mass is 9.97. The van der Waals surface area contributed by atoms with Crippen molar-refractivity contribution < 1.29 is 9.53 Å². The summed E-state index contributed by atoms with van der Waals surface area (Å²) in [6.45, 7) is 3.90. The Balaban J connectivity index is 2.33. The van der Waals surface area contributed by atoms with Gasteiger partial charge in [0.15, 0.2) is 0 Å². The standard InChI is InChI=1S/C8H16N2O2/c1-6-3-4-10-5-7(6)12-8(11)9-2/h6-7,10H,3-5H2,1-2H3,(H,9,11). The monoisotopic (exact) mass is 172 g/mol. The van der Waals surface area contributed by atoms with Crippen LogP contribution in [-0.2, 0) is 4.74 Å². The van der Waals surface area contributed by atoms with Crippen LogP contribution >= 0.6 is 0 Å². The van der Waals surface area contributed by atoms with E-state index >= 15 is 0 Å². The van der Waals surface area contributed by atoms with Crippen LogP contribution in [0.15, 0.2) is 0 Å². The summed E-state index contributed by atoms with van der Waals surface area (Å²) in [5.74, 6) is 0.462. The lowest BCUT2D eigenvalue weighted by molar-refractivity contribution is 0.0533. The van der Waals surface area contributed by atoms with Gasteiger partial charge in [-0.25, -0.2) is 4.79 Å². The molecule has 0 aromatic rings. The highest BCUT2D eigenvalue weighted by molar-refractivity contribution is 5.66. The van der Waals surface area contributed by atoms with Crippen LogP contribution in [-0.4, -0.2) is 32.3 Å². The van der Waals surface area contributed by atoms with E-state index in [0.717, 1.165) is 19.5 Å². The van der Waals surface area contributed by atoms with Crippen LogP contribution in [0.5, 0.6) is 0 Å². The van der Waals surface area contributed by atoms with E-state index in [2.05, 4.69) is 17.6 Å². The van der Waals surface area contributed by atoms with Gasteiger partial charge < -0.3 is 15.4 Å². The van der Waals surface area contributed by atoms with Gasteiger partial charge in [0, 0.05) is 13.6 Å². The lowest BCUT2D eigenvalue weighted by Gasteiger charge is -2.28. The maximum atomic E-state index is 10.9. The number of hydrogen-bond donors (Lipinski definition) is 2. The number of alkyl carbamates (subject to hydrolysis) is 1. The van der Waals surface area contributed by atoms with Crippen molar-refractivity contribution in [3.8, 4) is 0 Å². The summed E-state index contributed by atoms with van der Waals surface area (Å²) in [4.78, 5) is 10.9. The Kier molecular flexibility index (Phi) is 3.34. The second-order valence-corrected chi connectivity index (χ2v) is 3.16. The molecule has 4 heteroatoms. The van der Waals surface area contributed by atoms with Crippen molar-refractivity contribution in [1.29, 1.82) is 0 Å². The molecule has 0 spiro atoms. The molecule has 0 saturated carbocycles. The zero-order chi connectivity index (χ0) is 8.97. The number of rotatable bonds is 1. The van der Waals surface area contributed by atoms with Crippen molar-refractivity contribution in [1.82, 2.24) is 10.6 Å². The Hall–Kier alpha value is -0.770. The largest absolute Gasteiger partial charge is 0.445 e. The van der Waals surface area contributed by atoms with E-state index in [1.807, 2.05) is 0 Å². The first kappa shape index (κ1) is 9.32. The Morgan fingerprint density at radius 1 is 1.67 bits per heavy atom. The fourth-order valence-electron chi connectivity index (χ4n) is 1.32. The van der Waals surface area contributed by atoms with Crippen LogP contribution in [0.3, 0.4) is 0 Å². The molecule has 1 aliphatic rings. The number of carbonyl (C=O) groups is 1. The minimum atomic E-state index is -0.337. The Labute approximate surface area is 72.7 Å². The molecule has 1 fully saturated rings. The number of ether oxygens (including phenoxy) is 1. The molecule has 2 unspecified atom stereocenters. The van der Waals surface area contributed by atoms with Crippen molar-refractivity contribution in [3.05, 3.63) is 0 Å². The number of nitrogens with one attached hydrogen (secondary N) is 2. The van der Waals surface area contributed by atoms with E-state index in [-0.39, 0.29) is 12.2 Å². The van der Waals surface area contributed by atoms with Gasteiger partial charge in [0.2, 0.25) is 0 Å². The summed E-state index contributed by atoms with van der Waals surface area (Å²) in [6, 6.07) is 0. The fourth-order valence-corrected chi connectivity index (χ4v) is 1.32. The molecule has 1 saturated heterocycles. The Morgan fingerprint density at radius 3 is 3.00 bits per heavy atom. The quantitative estimate of drug-likeness (QED) is 0.599. The van der Waals surface area contributed by atoms with Crippen LogP contribution < -0.4 is 10.6 Å². The van der Waals surface area contributed by atoms with Gasteiger partial charge in [-0.3, -0.25) is 0 Å². The van der Waals surface area contributed by atoms with Crippen LogP contribution in [0, 0.1) is 5.92 Å². The molecular weight excluding hydrogens is 156 g/mol. The molecule has 12 heavy (non-hydrogen) atoms. The van der Waals surface area contributed by atoms with Gasteiger partial charge >= 0.3 is 6.09 Å². The van der Waals surface area contributed by atoms with Crippen molar-refractivity contribution in [2.24, 2.45) is 5.92 Å². The second-order valence-electron chi connectivity index (χ2n) is 3.16. The lowest BCUT2D eigenvalue weighted by Crippen LogP contribution is -2.43. The molecule has 1 aliphatic heterocycles. The summed E-state index contributed by atoms with van der Waals surface area (Å²) in [6.07, 6.45) is 0.760. The molecule has 4 nitrogen and oxygen atoms in total. The molecule has 0 radical (unpaired) electrons. The van der Waals surface area contributed by atoms with Crippen LogP contribution in [0.1, 0.15) is 13.3 Å². The summed E-state index contributed by atoms with van der Waals surface area (Å²) < 4.78 is 5.14. The number of amides is 1. The minimum Gasteiger partial charge on any atom is -0.445 e. The zero-order valence-corrected chi connectivity index (χ0v) is 7.59. The first-order valence-corrected chi connectivity index (χ1v) is 4.33. The van der Waals surface area contributed by atoms with Crippen molar-refractivity contribution in [2.45, 2.75) is 19.4 Å². The molecule has 0 aromatic carbocycles. The van der Waals surface area contributed by atoms with Crippen molar-refractivity contribution in [2.75, 3.05) is 20.1 Å². The fraction of sp³-hybridized carbons (Fsp3) is 0.875. The van der Waals surface area contributed by atoms with Gasteiger partial charge in [-0.1, -0.05) is 6.92 Å². The first-order chi connectivity index (χ1) is 5.74. The maximum absolute atomic E-state index is 10.9. The van der Waals surface area contributed by atoms with E-state index < -0.39 is 0 Å². The number of piperidine rings is 1. The molecule has 1 amide bonds. The average Bonchev–Trinajstić information content (AvgIpc) is 2.09. The van der Waals surface area contributed by atoms with E-state index in [1.165, 1.54) is 0 Å². The van der Waals surface area contributed by atoms with Crippen molar-refractivity contribution in [3.63, 3.8) is 0 Å². The van der Waals surface area contributed by atoms with Gasteiger partial charge in [-0.15, -0.1) is 0 Å². The first-order valence-electron chi connectivity index (χ1n) is 4.33. The molecule has 1 heterocycles. The topological polar surface area (TPSA) is 50.4 Å². The average molecular weight is 172 g/mol. The molecule has 2 atom stereocenters. The maximum Gasteiger partial charge on any atom is 0.407 e. The van der Waals surface area contributed by atoms with Crippen LogP contribution in [0.25, 0.3) is 0 Å². The highest BCUT2D eigenvalue weighted by atomic mass is 16.6. The van der Waals surface area contributed by atoms with E-state index in [0.29, 0.717) is 5.92 Å². The molecule has 1 rings (SSSR count). The predicted molar refractivity (Wildman–Crippen MR) is 46.0 cm³/mol. The predicted octanol–water partition coefficient (Wildman–Crippen LogP) is 0.340. The smallest absolute Gasteiger partial charge is 0.407 e. The Bertz CT molecular complexity index is 161. The molecule has 2 N–H and O–H groups in total. The van der Waals surface area contributed by atoms with Gasteiger partial charge in [-0.05, 0) is 18.9 Å². The van der Waals surface area contributed by atoms with Crippen LogP contribution in [0.2, 0.25) is 0 Å². The Morgan fingerprint density at radius 2 is 2.42 bits per heavy atom. The van der Waals surface area contributed by atoms with Crippen molar-refractivity contribution >= 4 is 6.09 Å².